The zero-order valence-corrected chi connectivity index (χ0v) is 7.15. The monoisotopic (exact) mass is 139 g/mol. The fraction of sp³-hybridized carbons (Fsp3) is 0.778. The van der Waals surface area contributed by atoms with Crippen molar-refractivity contribution in [2.24, 2.45) is 0 Å². The second-order valence-electron chi connectivity index (χ2n) is 2.79. The molecular formula is C9H17N. The minimum absolute atomic E-state index is 0.458. The Bertz CT molecular complexity index is 112. The van der Waals surface area contributed by atoms with E-state index in [1.165, 1.54) is 0 Å². The van der Waals surface area contributed by atoms with Crippen molar-refractivity contribution in [1.82, 2.24) is 5.32 Å². The molecule has 0 aliphatic rings. The van der Waals surface area contributed by atoms with E-state index in [1.807, 2.05) is 0 Å². The van der Waals surface area contributed by atoms with E-state index < -0.39 is 0 Å². The highest BCUT2D eigenvalue weighted by Gasteiger charge is 2.02. The third-order valence-electron chi connectivity index (χ3n) is 1.61. The summed E-state index contributed by atoms with van der Waals surface area (Å²) in [5.74, 6) is 2.63. The highest BCUT2D eigenvalue weighted by molar-refractivity contribution is 4.88. The Labute approximate surface area is 64.2 Å². The van der Waals surface area contributed by atoms with E-state index >= 15 is 0 Å². The van der Waals surface area contributed by atoms with Gasteiger partial charge < -0.3 is 5.32 Å². The first-order valence-corrected chi connectivity index (χ1v) is 3.90. The molecule has 0 aromatic heterocycles. The Morgan fingerprint density at radius 1 is 1.40 bits per heavy atom. The largest absolute Gasteiger partial charge is 0.311 e. The van der Waals surface area contributed by atoms with E-state index in [9.17, 15) is 0 Å². The van der Waals surface area contributed by atoms with Crippen molar-refractivity contribution < 1.29 is 0 Å². The summed E-state index contributed by atoms with van der Waals surface area (Å²) in [6.45, 7) is 6.46. The SMILES string of the molecule is C#CCC(C)NC(C)CC. The van der Waals surface area contributed by atoms with E-state index in [1.54, 1.807) is 0 Å². The van der Waals surface area contributed by atoms with Gasteiger partial charge in [-0.25, -0.2) is 0 Å². The highest BCUT2D eigenvalue weighted by atomic mass is 14.9. The van der Waals surface area contributed by atoms with Crippen molar-refractivity contribution in [3.8, 4) is 12.3 Å². The van der Waals surface area contributed by atoms with Crippen molar-refractivity contribution in [1.29, 1.82) is 0 Å². The predicted molar refractivity (Wildman–Crippen MR) is 45.8 cm³/mol. The average Bonchev–Trinajstić information content (AvgIpc) is 1.88. The van der Waals surface area contributed by atoms with Crippen LogP contribution in [0.1, 0.15) is 33.6 Å². The van der Waals surface area contributed by atoms with E-state index in [4.69, 9.17) is 6.42 Å². The molecule has 0 aliphatic carbocycles. The fourth-order valence-corrected chi connectivity index (χ4v) is 0.839. The van der Waals surface area contributed by atoms with Crippen LogP contribution in [-0.4, -0.2) is 12.1 Å². The van der Waals surface area contributed by atoms with Crippen LogP contribution in [-0.2, 0) is 0 Å². The van der Waals surface area contributed by atoms with Gasteiger partial charge >= 0.3 is 0 Å². The van der Waals surface area contributed by atoms with Crippen LogP contribution in [0.2, 0.25) is 0 Å². The molecule has 1 N–H and O–H groups in total. The minimum atomic E-state index is 0.458. The number of nitrogens with one attached hydrogen (secondary N) is 1. The normalized spacial score (nSPS) is 15.8. The summed E-state index contributed by atoms with van der Waals surface area (Å²) in [4.78, 5) is 0. The van der Waals surface area contributed by atoms with Crippen molar-refractivity contribution >= 4 is 0 Å². The van der Waals surface area contributed by atoms with E-state index in [2.05, 4.69) is 32.0 Å². The van der Waals surface area contributed by atoms with E-state index in [0.29, 0.717) is 12.1 Å². The zero-order chi connectivity index (χ0) is 7.98. The van der Waals surface area contributed by atoms with Gasteiger partial charge in [0.25, 0.3) is 0 Å². The molecule has 0 aromatic rings. The lowest BCUT2D eigenvalue weighted by molar-refractivity contribution is 0.463. The molecule has 0 saturated heterocycles. The molecule has 0 aliphatic heterocycles. The van der Waals surface area contributed by atoms with Crippen molar-refractivity contribution in [3.05, 3.63) is 0 Å². The number of terminal acetylenes is 1. The highest BCUT2D eigenvalue weighted by Crippen LogP contribution is 1.94. The maximum absolute atomic E-state index is 5.16. The van der Waals surface area contributed by atoms with Gasteiger partial charge in [-0.05, 0) is 20.3 Å². The Morgan fingerprint density at radius 2 is 2.00 bits per heavy atom. The standard InChI is InChI=1S/C9H17N/c1-5-7-9(4)10-8(3)6-2/h1,8-10H,6-7H2,2-4H3. The first-order valence-electron chi connectivity index (χ1n) is 3.90. The van der Waals surface area contributed by atoms with Crippen LogP contribution in [0.4, 0.5) is 0 Å². The molecule has 0 aromatic carbocycles. The van der Waals surface area contributed by atoms with Gasteiger partial charge in [0.1, 0.15) is 0 Å². The van der Waals surface area contributed by atoms with Crippen LogP contribution in [0.5, 0.6) is 0 Å². The van der Waals surface area contributed by atoms with Crippen molar-refractivity contribution in [2.45, 2.75) is 45.7 Å². The van der Waals surface area contributed by atoms with Gasteiger partial charge in [0.05, 0.1) is 0 Å². The summed E-state index contributed by atoms with van der Waals surface area (Å²) >= 11 is 0. The Kier molecular flexibility index (Phi) is 5.06. The predicted octanol–water partition coefficient (Wildman–Crippen LogP) is 1.79. The van der Waals surface area contributed by atoms with Gasteiger partial charge in [-0.15, -0.1) is 12.3 Å². The number of rotatable bonds is 4. The van der Waals surface area contributed by atoms with Crippen LogP contribution < -0.4 is 5.32 Å². The molecule has 2 unspecified atom stereocenters. The molecule has 0 spiro atoms. The summed E-state index contributed by atoms with van der Waals surface area (Å²) in [5, 5.41) is 3.39. The fourth-order valence-electron chi connectivity index (χ4n) is 0.839. The van der Waals surface area contributed by atoms with Gasteiger partial charge in [-0.2, -0.15) is 0 Å². The summed E-state index contributed by atoms with van der Waals surface area (Å²) in [6.07, 6.45) is 7.14. The Hall–Kier alpha value is -0.480. The molecule has 0 heterocycles. The average molecular weight is 139 g/mol. The van der Waals surface area contributed by atoms with Crippen molar-refractivity contribution in [2.75, 3.05) is 0 Å². The summed E-state index contributed by atoms with van der Waals surface area (Å²) in [6, 6.07) is 1.04. The van der Waals surface area contributed by atoms with Gasteiger partial charge in [-0.1, -0.05) is 6.92 Å². The van der Waals surface area contributed by atoms with Crippen LogP contribution in [0.25, 0.3) is 0 Å². The quantitative estimate of drug-likeness (QED) is 0.585. The lowest BCUT2D eigenvalue weighted by atomic mass is 10.2. The molecule has 0 saturated carbocycles. The summed E-state index contributed by atoms with van der Waals surface area (Å²) in [5.41, 5.74) is 0. The Balaban J connectivity index is 3.38. The summed E-state index contributed by atoms with van der Waals surface area (Å²) < 4.78 is 0. The molecule has 1 heteroatoms. The van der Waals surface area contributed by atoms with E-state index in [0.717, 1.165) is 12.8 Å². The van der Waals surface area contributed by atoms with Crippen LogP contribution in [0, 0.1) is 12.3 Å². The Morgan fingerprint density at radius 3 is 2.40 bits per heavy atom. The minimum Gasteiger partial charge on any atom is -0.311 e. The third kappa shape index (κ3) is 4.40. The molecule has 0 rings (SSSR count). The third-order valence-corrected chi connectivity index (χ3v) is 1.61. The van der Waals surface area contributed by atoms with Gasteiger partial charge in [0, 0.05) is 18.5 Å². The molecule has 1 nitrogen and oxygen atoms in total. The van der Waals surface area contributed by atoms with Gasteiger partial charge in [0.15, 0.2) is 0 Å². The summed E-state index contributed by atoms with van der Waals surface area (Å²) in [7, 11) is 0. The molecular weight excluding hydrogens is 122 g/mol. The smallest absolute Gasteiger partial charge is 0.0238 e. The number of hydrogen-bond acceptors (Lipinski definition) is 1. The van der Waals surface area contributed by atoms with Crippen LogP contribution in [0.3, 0.4) is 0 Å². The lowest BCUT2D eigenvalue weighted by Gasteiger charge is -2.16. The molecule has 0 radical (unpaired) electrons. The molecule has 10 heavy (non-hydrogen) atoms. The second-order valence-corrected chi connectivity index (χ2v) is 2.79. The molecule has 0 bridgehead atoms. The van der Waals surface area contributed by atoms with Gasteiger partial charge in [0.2, 0.25) is 0 Å². The van der Waals surface area contributed by atoms with Gasteiger partial charge in [-0.3, -0.25) is 0 Å². The molecule has 0 amide bonds. The lowest BCUT2D eigenvalue weighted by Crippen LogP contribution is -2.33. The second kappa shape index (κ2) is 5.32. The first-order chi connectivity index (χ1) is 4.70. The maximum atomic E-state index is 5.16. The number of hydrogen-bond donors (Lipinski definition) is 1. The molecule has 0 fully saturated rings. The molecule has 58 valence electrons. The van der Waals surface area contributed by atoms with E-state index in [-0.39, 0.29) is 0 Å². The van der Waals surface area contributed by atoms with Crippen LogP contribution in [0.15, 0.2) is 0 Å². The molecule has 2 atom stereocenters. The van der Waals surface area contributed by atoms with Crippen molar-refractivity contribution in [3.63, 3.8) is 0 Å². The zero-order valence-electron chi connectivity index (χ0n) is 7.15. The van der Waals surface area contributed by atoms with Crippen LogP contribution >= 0.6 is 0 Å². The maximum Gasteiger partial charge on any atom is 0.0238 e. The first kappa shape index (κ1) is 9.52. The topological polar surface area (TPSA) is 12.0 Å².